The van der Waals surface area contributed by atoms with Crippen molar-refractivity contribution >= 4 is 16.8 Å². The van der Waals surface area contributed by atoms with Crippen LogP contribution in [0.1, 0.15) is 15.9 Å². The molecule has 0 spiro atoms. The van der Waals surface area contributed by atoms with Crippen LogP contribution >= 0.6 is 0 Å². The second-order valence-corrected chi connectivity index (χ2v) is 4.73. The van der Waals surface area contributed by atoms with E-state index in [9.17, 15) is 9.18 Å². The van der Waals surface area contributed by atoms with Gasteiger partial charge in [0, 0.05) is 18.1 Å². The number of rotatable bonds is 3. The van der Waals surface area contributed by atoms with Crippen LogP contribution in [0, 0.1) is 5.82 Å². The number of fused-ring (bicyclic) bond motifs is 1. The van der Waals surface area contributed by atoms with Crippen molar-refractivity contribution in [2.75, 3.05) is 0 Å². The molecule has 21 heavy (non-hydrogen) atoms. The molecule has 3 rings (SSSR count). The zero-order valence-electron chi connectivity index (χ0n) is 11.2. The van der Waals surface area contributed by atoms with Crippen LogP contribution in [0.15, 0.2) is 60.8 Å². The van der Waals surface area contributed by atoms with Crippen molar-refractivity contribution in [2.24, 2.45) is 0 Å². The SMILES string of the molecule is O=C(NCc1ccccc1)c1cnc2ccc(F)cc2c1. The number of benzene rings is 2. The maximum atomic E-state index is 13.2. The molecule has 1 N–H and O–H groups in total. The molecule has 0 atom stereocenters. The van der Waals surface area contributed by atoms with Gasteiger partial charge in [0.05, 0.1) is 11.1 Å². The highest BCUT2D eigenvalue weighted by Gasteiger charge is 2.07. The summed E-state index contributed by atoms with van der Waals surface area (Å²) in [5.41, 5.74) is 2.10. The van der Waals surface area contributed by atoms with Crippen molar-refractivity contribution in [2.45, 2.75) is 6.54 Å². The van der Waals surface area contributed by atoms with E-state index in [1.165, 1.54) is 18.3 Å². The van der Waals surface area contributed by atoms with Gasteiger partial charge in [0.2, 0.25) is 0 Å². The number of aromatic nitrogens is 1. The minimum Gasteiger partial charge on any atom is -0.348 e. The molecular formula is C17H13FN2O. The summed E-state index contributed by atoms with van der Waals surface area (Å²) in [6.45, 7) is 0.445. The molecule has 104 valence electrons. The maximum Gasteiger partial charge on any atom is 0.253 e. The topological polar surface area (TPSA) is 42.0 Å². The average molecular weight is 280 g/mol. The van der Waals surface area contributed by atoms with Crippen LogP contribution in [-0.2, 0) is 6.54 Å². The third-order valence-corrected chi connectivity index (χ3v) is 3.20. The van der Waals surface area contributed by atoms with Gasteiger partial charge in [-0.3, -0.25) is 9.78 Å². The largest absolute Gasteiger partial charge is 0.348 e. The number of nitrogens with zero attached hydrogens (tertiary/aromatic N) is 1. The third-order valence-electron chi connectivity index (χ3n) is 3.20. The normalized spacial score (nSPS) is 10.5. The zero-order valence-corrected chi connectivity index (χ0v) is 11.2. The van der Waals surface area contributed by atoms with Gasteiger partial charge in [0.1, 0.15) is 5.82 Å². The van der Waals surface area contributed by atoms with E-state index in [0.29, 0.717) is 23.0 Å². The molecule has 1 amide bonds. The molecular weight excluding hydrogens is 267 g/mol. The molecule has 0 saturated carbocycles. The summed E-state index contributed by atoms with van der Waals surface area (Å²) >= 11 is 0. The van der Waals surface area contributed by atoms with Crippen molar-refractivity contribution < 1.29 is 9.18 Å². The second-order valence-electron chi connectivity index (χ2n) is 4.73. The minimum atomic E-state index is -0.342. The van der Waals surface area contributed by atoms with Crippen molar-refractivity contribution in [3.63, 3.8) is 0 Å². The molecule has 2 aromatic carbocycles. The fraction of sp³-hybridized carbons (Fsp3) is 0.0588. The van der Waals surface area contributed by atoms with Gasteiger partial charge >= 0.3 is 0 Å². The molecule has 1 aromatic heterocycles. The fourth-order valence-electron chi connectivity index (χ4n) is 2.11. The van der Waals surface area contributed by atoms with Gasteiger partial charge in [-0.25, -0.2) is 4.39 Å². The molecule has 3 nitrogen and oxygen atoms in total. The van der Waals surface area contributed by atoms with Gasteiger partial charge in [-0.05, 0) is 29.8 Å². The van der Waals surface area contributed by atoms with E-state index < -0.39 is 0 Å². The molecule has 3 aromatic rings. The Morgan fingerprint density at radius 2 is 1.90 bits per heavy atom. The lowest BCUT2D eigenvalue weighted by molar-refractivity contribution is 0.0950. The smallest absolute Gasteiger partial charge is 0.253 e. The van der Waals surface area contributed by atoms with Crippen molar-refractivity contribution in [1.82, 2.24) is 10.3 Å². The summed E-state index contributed by atoms with van der Waals surface area (Å²) in [4.78, 5) is 16.3. The second kappa shape index (κ2) is 5.71. The Bertz CT molecular complexity index is 787. The van der Waals surface area contributed by atoms with Crippen LogP contribution < -0.4 is 5.32 Å². The van der Waals surface area contributed by atoms with E-state index in [0.717, 1.165) is 5.56 Å². The molecule has 1 heterocycles. The lowest BCUT2D eigenvalue weighted by Crippen LogP contribution is -2.22. The Balaban J connectivity index is 1.78. The van der Waals surface area contributed by atoms with E-state index in [1.807, 2.05) is 30.3 Å². The monoisotopic (exact) mass is 280 g/mol. The van der Waals surface area contributed by atoms with E-state index in [1.54, 1.807) is 12.1 Å². The van der Waals surface area contributed by atoms with Crippen LogP contribution in [-0.4, -0.2) is 10.9 Å². The Kier molecular flexibility index (Phi) is 3.60. The highest BCUT2D eigenvalue weighted by molar-refractivity contribution is 5.97. The molecule has 0 aliphatic heterocycles. The molecule has 0 aliphatic rings. The van der Waals surface area contributed by atoms with E-state index in [2.05, 4.69) is 10.3 Å². The molecule has 0 fully saturated rings. The highest BCUT2D eigenvalue weighted by Crippen LogP contribution is 2.15. The fourth-order valence-corrected chi connectivity index (χ4v) is 2.11. The molecule has 0 radical (unpaired) electrons. The van der Waals surface area contributed by atoms with Gasteiger partial charge in [-0.1, -0.05) is 30.3 Å². The molecule has 0 bridgehead atoms. The van der Waals surface area contributed by atoms with Gasteiger partial charge in [-0.2, -0.15) is 0 Å². The highest BCUT2D eigenvalue weighted by atomic mass is 19.1. The Hall–Kier alpha value is -2.75. The molecule has 0 aliphatic carbocycles. The Morgan fingerprint density at radius 3 is 2.71 bits per heavy atom. The standard InChI is InChI=1S/C17H13FN2O/c18-15-6-7-16-13(9-15)8-14(11-19-16)17(21)20-10-12-4-2-1-3-5-12/h1-9,11H,10H2,(H,20,21). The summed E-state index contributed by atoms with van der Waals surface area (Å²) < 4.78 is 13.2. The predicted molar refractivity (Wildman–Crippen MR) is 79.3 cm³/mol. The number of amides is 1. The van der Waals surface area contributed by atoms with Crippen LogP contribution in [0.3, 0.4) is 0 Å². The van der Waals surface area contributed by atoms with E-state index in [4.69, 9.17) is 0 Å². The first-order valence-electron chi connectivity index (χ1n) is 6.60. The van der Waals surface area contributed by atoms with E-state index in [-0.39, 0.29) is 11.7 Å². The third kappa shape index (κ3) is 3.05. The molecule has 0 unspecified atom stereocenters. The molecule has 0 saturated heterocycles. The van der Waals surface area contributed by atoms with Crippen LogP contribution in [0.2, 0.25) is 0 Å². The number of carbonyl (C=O) groups is 1. The van der Waals surface area contributed by atoms with Crippen molar-refractivity contribution in [3.8, 4) is 0 Å². The Morgan fingerprint density at radius 1 is 1.10 bits per heavy atom. The first kappa shape index (κ1) is 13.2. The van der Waals surface area contributed by atoms with Crippen LogP contribution in [0.25, 0.3) is 10.9 Å². The van der Waals surface area contributed by atoms with E-state index >= 15 is 0 Å². The minimum absolute atomic E-state index is 0.225. The summed E-state index contributed by atoms with van der Waals surface area (Å²) in [7, 11) is 0. The van der Waals surface area contributed by atoms with Crippen molar-refractivity contribution in [1.29, 1.82) is 0 Å². The first-order chi connectivity index (χ1) is 10.2. The Labute approximate surface area is 121 Å². The first-order valence-corrected chi connectivity index (χ1v) is 6.60. The quantitative estimate of drug-likeness (QED) is 0.799. The van der Waals surface area contributed by atoms with Gasteiger partial charge < -0.3 is 5.32 Å². The lowest BCUT2D eigenvalue weighted by atomic mass is 10.1. The number of hydrogen-bond acceptors (Lipinski definition) is 2. The number of hydrogen-bond donors (Lipinski definition) is 1. The summed E-state index contributed by atoms with van der Waals surface area (Å²) in [6, 6.07) is 15.6. The van der Waals surface area contributed by atoms with Gasteiger partial charge in [-0.15, -0.1) is 0 Å². The maximum absolute atomic E-state index is 13.2. The lowest BCUT2D eigenvalue weighted by Gasteiger charge is -2.06. The zero-order chi connectivity index (χ0) is 14.7. The van der Waals surface area contributed by atoms with Gasteiger partial charge in [0.25, 0.3) is 5.91 Å². The number of carbonyl (C=O) groups excluding carboxylic acids is 1. The van der Waals surface area contributed by atoms with Crippen LogP contribution in [0.5, 0.6) is 0 Å². The van der Waals surface area contributed by atoms with Gasteiger partial charge in [0.15, 0.2) is 0 Å². The average Bonchev–Trinajstić information content (AvgIpc) is 2.53. The number of halogens is 1. The van der Waals surface area contributed by atoms with Crippen LogP contribution in [0.4, 0.5) is 4.39 Å². The number of pyridine rings is 1. The summed E-state index contributed by atoms with van der Waals surface area (Å²) in [6.07, 6.45) is 1.50. The summed E-state index contributed by atoms with van der Waals surface area (Å²) in [5.74, 6) is -0.566. The van der Waals surface area contributed by atoms with Crippen molar-refractivity contribution in [3.05, 3.63) is 77.7 Å². The predicted octanol–water partition coefficient (Wildman–Crippen LogP) is 3.30. The summed E-state index contributed by atoms with van der Waals surface area (Å²) in [5, 5.41) is 3.44. The number of nitrogens with one attached hydrogen (secondary N) is 1. The molecule has 4 heteroatoms.